The molecule has 1 spiro atoms. The number of nitrogens with one attached hydrogen (secondary N) is 1. The lowest BCUT2D eigenvalue weighted by Crippen LogP contribution is -2.62. The van der Waals surface area contributed by atoms with Crippen LogP contribution in [0.15, 0.2) is 36.9 Å². The van der Waals surface area contributed by atoms with E-state index in [2.05, 4.69) is 42.1 Å². The number of rotatable bonds is 1. The van der Waals surface area contributed by atoms with Gasteiger partial charge in [0.1, 0.15) is 5.41 Å². The third-order valence-electron chi connectivity index (χ3n) is 7.93. The van der Waals surface area contributed by atoms with Gasteiger partial charge in [0.05, 0.1) is 12.7 Å². The summed E-state index contributed by atoms with van der Waals surface area (Å²) in [6, 6.07) is 8.64. The number of hydrogen-bond acceptors (Lipinski definition) is 3. The van der Waals surface area contributed by atoms with Gasteiger partial charge < -0.3 is 15.0 Å². The van der Waals surface area contributed by atoms with Crippen molar-refractivity contribution in [3.63, 3.8) is 0 Å². The Morgan fingerprint density at radius 3 is 3.08 bits per heavy atom. The highest BCUT2D eigenvalue weighted by Crippen LogP contribution is 2.73. The van der Waals surface area contributed by atoms with Crippen LogP contribution in [0.3, 0.4) is 0 Å². The number of anilines is 1. The van der Waals surface area contributed by atoms with Crippen molar-refractivity contribution in [3.05, 3.63) is 42.5 Å². The van der Waals surface area contributed by atoms with Crippen molar-refractivity contribution in [2.24, 2.45) is 23.2 Å². The molecule has 1 aromatic carbocycles. The van der Waals surface area contributed by atoms with Crippen molar-refractivity contribution in [3.8, 4) is 0 Å². The summed E-state index contributed by atoms with van der Waals surface area (Å²) in [6.45, 7) is 6.06. The van der Waals surface area contributed by atoms with Crippen molar-refractivity contribution < 1.29 is 9.53 Å². The zero-order valence-electron chi connectivity index (χ0n) is 13.9. The highest BCUT2D eigenvalue weighted by atomic mass is 16.5. The molecule has 4 heteroatoms. The van der Waals surface area contributed by atoms with Crippen LogP contribution in [0.2, 0.25) is 0 Å². The number of nitrogens with zero attached hydrogens (tertiary/aromatic N) is 1. The Kier molecular flexibility index (Phi) is 2.24. The molecule has 0 unspecified atom stereocenters. The molecule has 2 saturated heterocycles. The summed E-state index contributed by atoms with van der Waals surface area (Å²) in [5, 5.41) is 3.18. The molecule has 124 valence electrons. The predicted molar refractivity (Wildman–Crippen MR) is 90.6 cm³/mol. The summed E-state index contributed by atoms with van der Waals surface area (Å²) in [6.07, 6.45) is 3.17. The zero-order chi connectivity index (χ0) is 16.3. The van der Waals surface area contributed by atoms with Crippen LogP contribution in [0.1, 0.15) is 12.0 Å². The molecule has 3 heterocycles. The molecular weight excluding hydrogens is 300 g/mol. The molecule has 1 amide bonds. The van der Waals surface area contributed by atoms with Crippen LogP contribution in [0.5, 0.6) is 0 Å². The van der Waals surface area contributed by atoms with Crippen molar-refractivity contribution in [2.45, 2.75) is 24.0 Å². The quantitative estimate of drug-likeness (QED) is 0.805. The summed E-state index contributed by atoms with van der Waals surface area (Å²) in [5.74, 6) is 1.56. The van der Waals surface area contributed by atoms with Gasteiger partial charge in [-0.05, 0) is 31.0 Å². The highest BCUT2D eigenvalue weighted by Gasteiger charge is 2.79. The molecule has 24 heavy (non-hydrogen) atoms. The van der Waals surface area contributed by atoms with Gasteiger partial charge in [0, 0.05) is 35.5 Å². The lowest BCUT2D eigenvalue weighted by Gasteiger charge is -2.54. The van der Waals surface area contributed by atoms with Gasteiger partial charge in [0.2, 0.25) is 5.91 Å². The third-order valence-corrected chi connectivity index (χ3v) is 7.93. The van der Waals surface area contributed by atoms with Gasteiger partial charge in [-0.3, -0.25) is 4.79 Å². The molecule has 6 rings (SSSR count). The summed E-state index contributed by atoms with van der Waals surface area (Å²) in [4.78, 5) is 15.9. The smallest absolute Gasteiger partial charge is 0.238 e. The molecule has 5 bridgehead atoms. The molecule has 2 saturated carbocycles. The van der Waals surface area contributed by atoms with E-state index in [1.165, 1.54) is 0 Å². The van der Waals surface area contributed by atoms with Crippen LogP contribution in [0, 0.1) is 23.2 Å². The highest BCUT2D eigenvalue weighted by molar-refractivity contribution is 6.07. The Labute approximate surface area is 141 Å². The number of ether oxygens (including phenoxy) is 1. The molecule has 5 aliphatic rings. The van der Waals surface area contributed by atoms with Gasteiger partial charge in [-0.2, -0.15) is 0 Å². The fourth-order valence-corrected chi connectivity index (χ4v) is 7.38. The van der Waals surface area contributed by atoms with Crippen LogP contribution < -0.4 is 5.32 Å². The lowest BCUT2D eigenvalue weighted by molar-refractivity contribution is -0.153. The first-order chi connectivity index (χ1) is 11.6. The molecule has 0 radical (unpaired) electrons. The Morgan fingerprint density at radius 1 is 1.42 bits per heavy atom. The first kappa shape index (κ1) is 13.6. The molecule has 1 N–H and O–H groups in total. The van der Waals surface area contributed by atoms with E-state index in [1.54, 1.807) is 0 Å². The number of fused-ring (bicyclic) bond motifs is 5. The SMILES string of the molecule is C=C[C@@]12CN(C)[C@@H]3[C@H]4CO[C@H](C[C@H]41)[C@@]1(C(=O)Nc4ccccc41)[C@@H]32. The van der Waals surface area contributed by atoms with Crippen molar-refractivity contribution in [1.29, 1.82) is 0 Å². The van der Waals surface area contributed by atoms with Gasteiger partial charge in [0.15, 0.2) is 0 Å². The van der Waals surface area contributed by atoms with E-state index in [4.69, 9.17) is 4.74 Å². The fourth-order valence-electron chi connectivity index (χ4n) is 7.38. The van der Waals surface area contributed by atoms with E-state index in [1.807, 2.05) is 12.1 Å². The normalized spacial score (nSPS) is 50.4. The summed E-state index contributed by atoms with van der Waals surface area (Å²) in [5.41, 5.74) is 1.61. The number of hydrogen-bond donors (Lipinski definition) is 1. The zero-order valence-corrected chi connectivity index (χ0v) is 13.9. The minimum Gasteiger partial charge on any atom is -0.376 e. The fraction of sp³-hybridized carbons (Fsp3) is 0.550. The van der Waals surface area contributed by atoms with Gasteiger partial charge in [-0.25, -0.2) is 0 Å². The third kappa shape index (κ3) is 1.12. The number of para-hydroxylation sites is 1. The lowest BCUT2D eigenvalue weighted by atomic mass is 9.51. The first-order valence-corrected chi connectivity index (χ1v) is 9.01. The Hall–Kier alpha value is -1.65. The molecule has 3 aliphatic heterocycles. The van der Waals surface area contributed by atoms with Gasteiger partial charge >= 0.3 is 0 Å². The number of carbonyl (C=O) groups is 1. The standard InChI is InChI=1S/C20H22N2O2/c1-3-19-10-22(2)16-11-9-24-15(8-13(11)19)20(17(16)19)12-6-4-5-7-14(12)21-18(20)23/h3-7,11,13,15-17H,1,8-10H2,2H3,(H,21,23)/t11-,13+,15+,16+,17-,19+,20+/m0/s1. The minimum absolute atomic E-state index is 0.00280. The van der Waals surface area contributed by atoms with Crippen molar-refractivity contribution in [1.82, 2.24) is 4.90 Å². The van der Waals surface area contributed by atoms with E-state index in [-0.39, 0.29) is 23.3 Å². The van der Waals surface area contributed by atoms with Crippen LogP contribution in [0.4, 0.5) is 5.69 Å². The van der Waals surface area contributed by atoms with Crippen LogP contribution >= 0.6 is 0 Å². The largest absolute Gasteiger partial charge is 0.376 e. The van der Waals surface area contributed by atoms with Crippen LogP contribution in [0.25, 0.3) is 0 Å². The van der Waals surface area contributed by atoms with E-state index < -0.39 is 5.41 Å². The Balaban J connectivity index is 1.69. The summed E-state index contributed by atoms with van der Waals surface area (Å²) >= 11 is 0. The maximum absolute atomic E-state index is 13.4. The number of benzene rings is 1. The predicted octanol–water partition coefficient (Wildman–Crippen LogP) is 2.03. The van der Waals surface area contributed by atoms with Gasteiger partial charge in [0.25, 0.3) is 0 Å². The van der Waals surface area contributed by atoms with Crippen LogP contribution in [-0.2, 0) is 14.9 Å². The molecule has 4 fully saturated rings. The molecule has 7 atom stereocenters. The molecule has 4 nitrogen and oxygen atoms in total. The van der Waals surface area contributed by atoms with Crippen molar-refractivity contribution in [2.75, 3.05) is 25.5 Å². The Bertz CT molecular complexity index is 792. The second-order valence-electron chi connectivity index (χ2n) is 8.40. The molecular formula is C20H22N2O2. The monoisotopic (exact) mass is 322 g/mol. The van der Waals surface area contributed by atoms with E-state index >= 15 is 0 Å². The maximum Gasteiger partial charge on any atom is 0.238 e. The van der Waals surface area contributed by atoms with E-state index in [0.717, 1.165) is 30.8 Å². The number of amides is 1. The first-order valence-electron chi connectivity index (χ1n) is 9.01. The van der Waals surface area contributed by atoms with E-state index in [9.17, 15) is 4.79 Å². The van der Waals surface area contributed by atoms with Crippen LogP contribution in [-0.4, -0.2) is 43.2 Å². The molecule has 2 aliphatic carbocycles. The minimum atomic E-state index is -0.554. The van der Waals surface area contributed by atoms with Gasteiger partial charge in [-0.15, -0.1) is 6.58 Å². The summed E-state index contributed by atoms with van der Waals surface area (Å²) in [7, 11) is 2.21. The van der Waals surface area contributed by atoms with Crippen molar-refractivity contribution >= 4 is 11.6 Å². The number of carbonyl (C=O) groups excluding carboxylic acids is 1. The number of likely N-dealkylation sites (tertiary alicyclic amines) is 1. The second-order valence-corrected chi connectivity index (χ2v) is 8.40. The van der Waals surface area contributed by atoms with Gasteiger partial charge in [-0.1, -0.05) is 24.3 Å². The second kappa shape index (κ2) is 3.94. The van der Waals surface area contributed by atoms with E-state index in [0.29, 0.717) is 17.9 Å². The maximum atomic E-state index is 13.4. The average molecular weight is 322 g/mol. The topological polar surface area (TPSA) is 41.6 Å². The average Bonchev–Trinajstić information content (AvgIpc) is 3.08. The Morgan fingerprint density at radius 2 is 2.25 bits per heavy atom. The number of piperidine rings is 1. The summed E-state index contributed by atoms with van der Waals surface area (Å²) < 4.78 is 6.34. The molecule has 0 aromatic heterocycles. The molecule has 1 aromatic rings.